The van der Waals surface area contributed by atoms with Gasteiger partial charge in [-0.15, -0.1) is 0 Å². The van der Waals surface area contributed by atoms with Crippen LogP contribution in [0.4, 0.5) is 0 Å². The Hall–Kier alpha value is -4.83. The molecule has 1 aliphatic carbocycles. The van der Waals surface area contributed by atoms with E-state index in [4.69, 9.17) is 9.47 Å². The van der Waals surface area contributed by atoms with Gasteiger partial charge in [0.15, 0.2) is 0 Å². The van der Waals surface area contributed by atoms with Crippen LogP contribution in [-0.2, 0) is 41.7 Å². The van der Waals surface area contributed by atoms with Gasteiger partial charge in [-0.05, 0) is 48.4 Å². The zero-order valence-corrected chi connectivity index (χ0v) is 27.5. The fraction of sp³-hybridized carbons (Fsp3) is 0.395. The van der Waals surface area contributed by atoms with Gasteiger partial charge >= 0.3 is 5.97 Å². The van der Waals surface area contributed by atoms with Crippen LogP contribution in [0.3, 0.4) is 0 Å². The molecule has 3 N–H and O–H groups in total. The van der Waals surface area contributed by atoms with Gasteiger partial charge in [-0.25, -0.2) is 0 Å². The first-order valence-corrected chi connectivity index (χ1v) is 16.7. The maximum atomic E-state index is 13.9. The topological polar surface area (TPSA) is 140 Å². The van der Waals surface area contributed by atoms with Crippen LogP contribution >= 0.6 is 0 Å². The summed E-state index contributed by atoms with van der Waals surface area (Å²) < 4.78 is 10.6. The van der Waals surface area contributed by atoms with Crippen molar-refractivity contribution in [1.29, 1.82) is 0 Å². The highest BCUT2D eigenvalue weighted by Gasteiger charge is 2.32. The van der Waals surface area contributed by atoms with E-state index >= 15 is 0 Å². The number of Topliss-reactive ketones (excluding diaryl/α,β-unsaturated/α-hetero) is 1. The first-order chi connectivity index (χ1) is 23.3. The summed E-state index contributed by atoms with van der Waals surface area (Å²) in [6.07, 6.45) is 6.01. The third-order valence-electron chi connectivity index (χ3n) is 8.37. The van der Waals surface area contributed by atoms with Crippen LogP contribution in [0.25, 0.3) is 0 Å². The van der Waals surface area contributed by atoms with Crippen LogP contribution in [0.5, 0.6) is 0 Å². The number of ether oxygens (including phenoxy) is 2. The van der Waals surface area contributed by atoms with Gasteiger partial charge in [-0.1, -0.05) is 111 Å². The molecule has 0 bridgehead atoms. The predicted octanol–water partition coefficient (Wildman–Crippen LogP) is 4.30. The second-order valence-corrected chi connectivity index (χ2v) is 12.0. The SMILES string of the molecule is CCOC(=O)CNC(=O)C(=O)[C@H](COCc1ccccc1)NC(=O)[C@@H](CC1CCCCC1)NC(=O)c1ccccc1Cc1ccccc1. The maximum Gasteiger partial charge on any atom is 0.325 e. The third kappa shape index (κ3) is 11.5. The number of carbonyl (C=O) groups is 5. The number of rotatable bonds is 17. The number of benzene rings is 3. The fourth-order valence-electron chi connectivity index (χ4n) is 5.87. The second-order valence-electron chi connectivity index (χ2n) is 12.0. The molecule has 4 rings (SSSR count). The number of carbonyl (C=O) groups excluding carboxylic acids is 5. The quantitative estimate of drug-likeness (QED) is 0.146. The molecule has 1 saturated carbocycles. The Balaban J connectivity index is 1.51. The predicted molar refractivity (Wildman–Crippen MR) is 181 cm³/mol. The summed E-state index contributed by atoms with van der Waals surface area (Å²) in [4.78, 5) is 65.6. The molecule has 0 heterocycles. The molecule has 3 aromatic rings. The van der Waals surface area contributed by atoms with E-state index in [1.807, 2.05) is 72.8 Å². The Labute approximate surface area is 282 Å². The fourth-order valence-corrected chi connectivity index (χ4v) is 5.87. The van der Waals surface area contributed by atoms with Crippen molar-refractivity contribution in [2.75, 3.05) is 19.8 Å². The minimum absolute atomic E-state index is 0.124. The molecule has 3 aromatic carbocycles. The van der Waals surface area contributed by atoms with Crippen molar-refractivity contribution < 1.29 is 33.4 Å². The minimum Gasteiger partial charge on any atom is -0.465 e. The number of hydrogen-bond acceptors (Lipinski definition) is 7. The zero-order valence-electron chi connectivity index (χ0n) is 27.5. The molecule has 0 unspecified atom stereocenters. The van der Waals surface area contributed by atoms with Crippen LogP contribution in [0.2, 0.25) is 0 Å². The molecule has 48 heavy (non-hydrogen) atoms. The summed E-state index contributed by atoms with van der Waals surface area (Å²) in [6, 6.07) is 24.1. The lowest BCUT2D eigenvalue weighted by molar-refractivity contribution is -0.146. The highest BCUT2D eigenvalue weighted by molar-refractivity contribution is 6.38. The van der Waals surface area contributed by atoms with E-state index in [9.17, 15) is 24.0 Å². The van der Waals surface area contributed by atoms with Gasteiger partial charge in [0.1, 0.15) is 18.6 Å². The molecule has 254 valence electrons. The molecule has 1 aliphatic rings. The monoisotopic (exact) mass is 655 g/mol. The van der Waals surface area contributed by atoms with Crippen LogP contribution in [0, 0.1) is 5.92 Å². The minimum atomic E-state index is -1.36. The maximum absolute atomic E-state index is 13.9. The van der Waals surface area contributed by atoms with Gasteiger partial charge in [0.05, 0.1) is 19.8 Å². The first-order valence-electron chi connectivity index (χ1n) is 16.7. The molecule has 2 atom stereocenters. The summed E-state index contributed by atoms with van der Waals surface area (Å²) in [7, 11) is 0. The lowest BCUT2D eigenvalue weighted by Crippen LogP contribution is -2.56. The van der Waals surface area contributed by atoms with Gasteiger partial charge in [-0.3, -0.25) is 24.0 Å². The molecule has 0 aromatic heterocycles. The Kier molecular flexibility index (Phi) is 14.3. The van der Waals surface area contributed by atoms with E-state index in [-0.39, 0.29) is 25.7 Å². The Morgan fingerprint density at radius 3 is 2.10 bits per heavy atom. The average Bonchev–Trinajstić information content (AvgIpc) is 3.11. The molecule has 0 radical (unpaired) electrons. The summed E-state index contributed by atoms with van der Waals surface area (Å²) in [5.74, 6) is -3.49. The Morgan fingerprint density at radius 1 is 0.771 bits per heavy atom. The highest BCUT2D eigenvalue weighted by Crippen LogP contribution is 2.28. The third-order valence-corrected chi connectivity index (χ3v) is 8.37. The first kappa shape index (κ1) is 36.0. The lowest BCUT2D eigenvalue weighted by Gasteiger charge is -2.28. The molecule has 0 saturated heterocycles. The second kappa shape index (κ2) is 19.1. The molecule has 10 nitrogen and oxygen atoms in total. The Bertz CT molecular complexity index is 1510. The summed E-state index contributed by atoms with van der Waals surface area (Å²) in [5.41, 5.74) is 3.17. The van der Waals surface area contributed by atoms with Crippen molar-refractivity contribution in [3.05, 3.63) is 107 Å². The van der Waals surface area contributed by atoms with E-state index in [1.165, 1.54) is 0 Å². The average molecular weight is 656 g/mol. The van der Waals surface area contributed by atoms with Crippen LogP contribution in [0.1, 0.15) is 72.5 Å². The van der Waals surface area contributed by atoms with E-state index < -0.39 is 48.1 Å². The molecule has 1 fully saturated rings. The normalized spacial score (nSPS) is 14.3. The van der Waals surface area contributed by atoms with Crippen molar-refractivity contribution in [3.8, 4) is 0 Å². The summed E-state index contributed by atoms with van der Waals surface area (Å²) in [6.45, 7) is 1.11. The van der Waals surface area contributed by atoms with E-state index in [1.54, 1.807) is 19.1 Å². The lowest BCUT2D eigenvalue weighted by atomic mass is 9.84. The van der Waals surface area contributed by atoms with Gasteiger partial charge in [0.2, 0.25) is 11.7 Å². The van der Waals surface area contributed by atoms with Crippen LogP contribution in [-0.4, -0.2) is 61.3 Å². The van der Waals surface area contributed by atoms with E-state index in [0.717, 1.165) is 48.8 Å². The summed E-state index contributed by atoms with van der Waals surface area (Å²) in [5, 5.41) is 7.91. The summed E-state index contributed by atoms with van der Waals surface area (Å²) >= 11 is 0. The number of ketones is 1. The van der Waals surface area contributed by atoms with Crippen molar-refractivity contribution in [3.63, 3.8) is 0 Å². The van der Waals surface area contributed by atoms with Gasteiger partial charge in [-0.2, -0.15) is 0 Å². The van der Waals surface area contributed by atoms with Gasteiger partial charge < -0.3 is 25.4 Å². The van der Waals surface area contributed by atoms with Crippen LogP contribution in [0.15, 0.2) is 84.9 Å². The van der Waals surface area contributed by atoms with Crippen LogP contribution < -0.4 is 16.0 Å². The van der Waals surface area contributed by atoms with Crippen molar-refractivity contribution in [1.82, 2.24) is 16.0 Å². The van der Waals surface area contributed by atoms with Crippen molar-refractivity contribution in [2.45, 2.75) is 70.6 Å². The molecule has 0 aliphatic heterocycles. The molecular formula is C38H45N3O7. The van der Waals surface area contributed by atoms with E-state index in [0.29, 0.717) is 18.4 Å². The van der Waals surface area contributed by atoms with Crippen molar-refractivity contribution >= 4 is 29.5 Å². The zero-order chi connectivity index (χ0) is 34.1. The molecular weight excluding hydrogens is 610 g/mol. The number of amides is 3. The molecule has 3 amide bonds. The van der Waals surface area contributed by atoms with Crippen molar-refractivity contribution in [2.24, 2.45) is 5.92 Å². The Morgan fingerprint density at radius 2 is 1.42 bits per heavy atom. The smallest absolute Gasteiger partial charge is 0.325 e. The molecule has 10 heteroatoms. The largest absolute Gasteiger partial charge is 0.465 e. The molecule has 0 spiro atoms. The standard InChI is InChI=1S/C38H45N3O7/c1-2-48-34(42)24-39-38(46)35(43)33(26-47-25-29-18-10-5-11-19-29)41-37(45)32(23-28-16-8-4-9-17-28)40-36(44)31-21-13-12-20-30(31)22-27-14-6-3-7-15-27/h3,5-7,10-15,18-21,28,32-33H,2,4,8-9,16-17,22-26H2,1H3,(H,39,46)(H,40,44)(H,41,45)/t32-,33+/m1/s1. The van der Waals surface area contributed by atoms with Gasteiger partial charge in [0, 0.05) is 5.56 Å². The number of hydrogen-bond donors (Lipinski definition) is 3. The number of esters is 1. The highest BCUT2D eigenvalue weighted by atomic mass is 16.5. The van der Waals surface area contributed by atoms with Gasteiger partial charge in [0.25, 0.3) is 11.8 Å². The number of nitrogens with one attached hydrogen (secondary N) is 3. The van der Waals surface area contributed by atoms with E-state index in [2.05, 4.69) is 16.0 Å².